The van der Waals surface area contributed by atoms with E-state index in [1.54, 1.807) is 18.3 Å². The molecule has 0 saturated carbocycles. The van der Waals surface area contributed by atoms with Gasteiger partial charge in [-0.1, -0.05) is 15.9 Å². The lowest BCUT2D eigenvalue weighted by Gasteiger charge is -2.16. The highest BCUT2D eigenvalue weighted by Gasteiger charge is 2.14. The first kappa shape index (κ1) is 15.2. The molecule has 0 unspecified atom stereocenters. The molecule has 6 nitrogen and oxygen atoms in total. The van der Waals surface area contributed by atoms with E-state index in [0.29, 0.717) is 16.6 Å². The number of hydrogen-bond acceptors (Lipinski definition) is 5. The Morgan fingerprint density at radius 2 is 2.14 bits per heavy atom. The first-order valence-corrected chi connectivity index (χ1v) is 7.07. The molecule has 0 radical (unpaired) electrons. The average molecular weight is 351 g/mol. The van der Waals surface area contributed by atoms with Gasteiger partial charge in [0.15, 0.2) is 5.82 Å². The van der Waals surface area contributed by atoms with Crippen molar-refractivity contribution < 1.29 is 4.92 Å². The quantitative estimate of drug-likeness (QED) is 0.660. The summed E-state index contributed by atoms with van der Waals surface area (Å²) in [6.45, 7) is 0.357. The van der Waals surface area contributed by atoms with E-state index in [2.05, 4.69) is 26.2 Å². The van der Waals surface area contributed by atoms with Gasteiger partial charge in [0.25, 0.3) is 5.69 Å². The van der Waals surface area contributed by atoms with Crippen LogP contribution >= 0.6 is 15.9 Å². The van der Waals surface area contributed by atoms with Crippen LogP contribution in [-0.2, 0) is 6.54 Å². The van der Waals surface area contributed by atoms with Crippen LogP contribution in [0.5, 0.6) is 0 Å². The van der Waals surface area contributed by atoms with E-state index in [1.807, 2.05) is 31.1 Å². The minimum atomic E-state index is -0.377. The third-order valence-corrected chi connectivity index (χ3v) is 3.42. The number of nitro groups is 1. The van der Waals surface area contributed by atoms with E-state index >= 15 is 0 Å². The molecule has 0 aliphatic rings. The molecule has 1 heterocycles. The fourth-order valence-corrected chi connectivity index (χ4v) is 2.29. The summed E-state index contributed by atoms with van der Waals surface area (Å²) >= 11 is 3.25. The zero-order valence-corrected chi connectivity index (χ0v) is 13.3. The van der Waals surface area contributed by atoms with Crippen LogP contribution in [0.2, 0.25) is 0 Å². The van der Waals surface area contributed by atoms with Crippen molar-refractivity contribution in [3.05, 3.63) is 56.7 Å². The SMILES string of the molecule is CN(C)c1ncccc1NCc1ccc(Br)cc1[N+](=O)[O-]. The standard InChI is InChI=1S/C14H15BrN4O2/c1-18(2)14-12(4-3-7-16-14)17-9-10-5-6-11(15)8-13(10)19(20)21/h3-8,17H,9H2,1-2H3. The predicted octanol–water partition coefficient (Wildman–Crippen LogP) is 3.43. The Hall–Kier alpha value is -2.15. The second kappa shape index (κ2) is 6.53. The van der Waals surface area contributed by atoms with Gasteiger partial charge >= 0.3 is 0 Å². The van der Waals surface area contributed by atoms with Crippen LogP contribution in [0.1, 0.15) is 5.56 Å². The van der Waals surface area contributed by atoms with Crippen molar-refractivity contribution in [2.45, 2.75) is 6.54 Å². The molecule has 2 rings (SSSR count). The van der Waals surface area contributed by atoms with Gasteiger partial charge in [0.1, 0.15) is 0 Å². The fourth-order valence-electron chi connectivity index (χ4n) is 1.94. The first-order valence-electron chi connectivity index (χ1n) is 6.28. The summed E-state index contributed by atoms with van der Waals surface area (Å²) in [7, 11) is 3.80. The Morgan fingerprint density at radius 3 is 2.81 bits per heavy atom. The van der Waals surface area contributed by atoms with E-state index in [-0.39, 0.29) is 10.6 Å². The van der Waals surface area contributed by atoms with Gasteiger partial charge in [-0.25, -0.2) is 4.98 Å². The molecular formula is C14H15BrN4O2. The lowest BCUT2D eigenvalue weighted by atomic mass is 10.2. The molecule has 21 heavy (non-hydrogen) atoms. The van der Waals surface area contributed by atoms with Crippen LogP contribution < -0.4 is 10.2 Å². The van der Waals surface area contributed by atoms with Crippen LogP contribution in [0.25, 0.3) is 0 Å². The molecule has 2 aromatic rings. The minimum Gasteiger partial charge on any atom is -0.378 e. The van der Waals surface area contributed by atoms with Gasteiger partial charge in [0.05, 0.1) is 10.6 Å². The highest BCUT2D eigenvalue weighted by molar-refractivity contribution is 9.10. The molecule has 1 aromatic carbocycles. The number of nitro benzene ring substituents is 1. The monoisotopic (exact) mass is 350 g/mol. The normalized spacial score (nSPS) is 10.2. The van der Waals surface area contributed by atoms with Crippen molar-refractivity contribution >= 4 is 33.1 Å². The number of benzene rings is 1. The number of pyridine rings is 1. The average Bonchev–Trinajstić information content (AvgIpc) is 2.46. The van der Waals surface area contributed by atoms with E-state index in [4.69, 9.17) is 0 Å². The van der Waals surface area contributed by atoms with E-state index < -0.39 is 0 Å². The number of nitrogens with one attached hydrogen (secondary N) is 1. The number of aromatic nitrogens is 1. The van der Waals surface area contributed by atoms with E-state index in [1.165, 1.54) is 6.07 Å². The lowest BCUT2D eigenvalue weighted by Crippen LogP contribution is -2.14. The van der Waals surface area contributed by atoms with Gasteiger partial charge in [-0.3, -0.25) is 10.1 Å². The van der Waals surface area contributed by atoms with E-state index in [9.17, 15) is 10.1 Å². The predicted molar refractivity (Wildman–Crippen MR) is 86.7 cm³/mol. The van der Waals surface area contributed by atoms with Crippen LogP contribution in [0.15, 0.2) is 41.0 Å². The number of anilines is 2. The van der Waals surface area contributed by atoms with Crippen molar-refractivity contribution in [2.75, 3.05) is 24.3 Å². The number of hydrogen-bond donors (Lipinski definition) is 1. The maximum Gasteiger partial charge on any atom is 0.275 e. The molecule has 0 spiro atoms. The van der Waals surface area contributed by atoms with Crippen LogP contribution in [-0.4, -0.2) is 24.0 Å². The Kier molecular flexibility index (Phi) is 4.74. The summed E-state index contributed by atoms with van der Waals surface area (Å²) in [6, 6.07) is 8.76. The first-order chi connectivity index (χ1) is 9.99. The molecule has 0 aliphatic carbocycles. The molecule has 1 N–H and O–H groups in total. The summed E-state index contributed by atoms with van der Waals surface area (Å²) in [4.78, 5) is 16.9. The molecule has 0 bridgehead atoms. The third kappa shape index (κ3) is 3.69. The summed E-state index contributed by atoms with van der Waals surface area (Å²) in [6.07, 6.45) is 1.71. The lowest BCUT2D eigenvalue weighted by molar-refractivity contribution is -0.385. The zero-order valence-electron chi connectivity index (χ0n) is 11.7. The highest BCUT2D eigenvalue weighted by Crippen LogP contribution is 2.26. The maximum absolute atomic E-state index is 11.1. The Labute approximate surface area is 131 Å². The molecule has 0 fully saturated rings. The van der Waals surface area contributed by atoms with Crippen molar-refractivity contribution in [1.82, 2.24) is 4.98 Å². The van der Waals surface area contributed by atoms with E-state index in [0.717, 1.165) is 11.5 Å². The van der Waals surface area contributed by atoms with Gasteiger partial charge in [-0.15, -0.1) is 0 Å². The Bertz CT molecular complexity index is 661. The van der Waals surface area contributed by atoms with Crippen molar-refractivity contribution in [1.29, 1.82) is 0 Å². The van der Waals surface area contributed by atoms with Gasteiger partial charge in [0.2, 0.25) is 0 Å². The fraction of sp³-hybridized carbons (Fsp3) is 0.214. The minimum absolute atomic E-state index is 0.0900. The van der Waals surface area contributed by atoms with Crippen molar-refractivity contribution in [3.63, 3.8) is 0 Å². The maximum atomic E-state index is 11.1. The zero-order chi connectivity index (χ0) is 15.4. The van der Waals surface area contributed by atoms with Gasteiger partial charge < -0.3 is 10.2 Å². The van der Waals surface area contributed by atoms with Crippen molar-refractivity contribution in [2.24, 2.45) is 0 Å². The van der Waals surface area contributed by atoms with Gasteiger partial charge in [-0.2, -0.15) is 0 Å². The van der Waals surface area contributed by atoms with Crippen LogP contribution in [0.4, 0.5) is 17.2 Å². The highest BCUT2D eigenvalue weighted by atomic mass is 79.9. The van der Waals surface area contributed by atoms with Gasteiger partial charge in [0, 0.05) is 42.9 Å². The molecule has 7 heteroatoms. The van der Waals surface area contributed by atoms with Crippen LogP contribution in [0, 0.1) is 10.1 Å². The summed E-state index contributed by atoms with van der Waals surface area (Å²) in [5, 5.41) is 14.3. The molecule has 110 valence electrons. The third-order valence-electron chi connectivity index (χ3n) is 2.92. The summed E-state index contributed by atoms with van der Waals surface area (Å²) in [5.74, 6) is 0.789. The number of rotatable bonds is 5. The summed E-state index contributed by atoms with van der Waals surface area (Å²) < 4.78 is 0.688. The Balaban J connectivity index is 2.23. The Morgan fingerprint density at radius 1 is 1.38 bits per heavy atom. The van der Waals surface area contributed by atoms with Gasteiger partial charge in [-0.05, 0) is 24.3 Å². The molecular weight excluding hydrogens is 336 g/mol. The molecule has 0 amide bonds. The molecule has 0 saturated heterocycles. The largest absolute Gasteiger partial charge is 0.378 e. The smallest absolute Gasteiger partial charge is 0.275 e. The molecule has 1 aromatic heterocycles. The number of nitrogens with zero attached hydrogens (tertiary/aromatic N) is 3. The van der Waals surface area contributed by atoms with Crippen molar-refractivity contribution in [3.8, 4) is 0 Å². The second-order valence-corrected chi connectivity index (χ2v) is 5.57. The summed E-state index contributed by atoms with van der Waals surface area (Å²) in [5.41, 5.74) is 1.55. The van der Waals surface area contributed by atoms with Crippen LogP contribution in [0.3, 0.4) is 0 Å². The molecule has 0 atom stereocenters. The second-order valence-electron chi connectivity index (χ2n) is 4.65. The number of halogens is 1. The molecule has 0 aliphatic heterocycles. The topological polar surface area (TPSA) is 71.3 Å².